The molecule has 116 valence electrons. The molecular formula is C16H18FN3O2. The molecule has 2 aromatic rings. The van der Waals surface area contributed by atoms with E-state index in [4.69, 9.17) is 4.74 Å². The number of aliphatic hydroxyl groups excluding tert-OH is 1. The summed E-state index contributed by atoms with van der Waals surface area (Å²) in [6, 6.07) is 5.95. The first-order valence-electron chi connectivity index (χ1n) is 7.20. The van der Waals surface area contributed by atoms with Crippen LogP contribution in [-0.2, 0) is 13.0 Å². The number of nitrogens with zero attached hydrogens (tertiary/aromatic N) is 3. The summed E-state index contributed by atoms with van der Waals surface area (Å²) >= 11 is 0. The van der Waals surface area contributed by atoms with Gasteiger partial charge < -0.3 is 9.84 Å². The third-order valence-electron chi connectivity index (χ3n) is 3.92. The Morgan fingerprint density at radius 3 is 2.82 bits per heavy atom. The van der Waals surface area contributed by atoms with Gasteiger partial charge in [0.2, 0.25) is 5.88 Å². The van der Waals surface area contributed by atoms with Crippen LogP contribution in [0.4, 0.5) is 4.39 Å². The van der Waals surface area contributed by atoms with E-state index in [1.807, 2.05) is 0 Å². The van der Waals surface area contributed by atoms with E-state index in [1.54, 1.807) is 19.2 Å². The van der Waals surface area contributed by atoms with Gasteiger partial charge in [0.05, 0.1) is 18.9 Å². The topological polar surface area (TPSA) is 58.5 Å². The highest BCUT2D eigenvalue weighted by Crippen LogP contribution is 2.25. The monoisotopic (exact) mass is 303 g/mol. The number of methoxy groups -OCH3 is 1. The number of halogens is 1. The van der Waals surface area contributed by atoms with E-state index < -0.39 is 6.10 Å². The van der Waals surface area contributed by atoms with Gasteiger partial charge in [-0.1, -0.05) is 12.1 Å². The van der Waals surface area contributed by atoms with E-state index in [1.165, 1.54) is 18.5 Å². The number of benzene rings is 1. The van der Waals surface area contributed by atoms with Gasteiger partial charge in [0.15, 0.2) is 0 Å². The molecule has 0 aliphatic carbocycles. The lowest BCUT2D eigenvalue weighted by molar-refractivity contribution is 0.104. The fraction of sp³-hybridized carbons (Fsp3) is 0.375. The summed E-state index contributed by atoms with van der Waals surface area (Å²) in [5.74, 6) is 0.288. The maximum Gasteiger partial charge on any atom is 0.220 e. The molecule has 0 spiro atoms. The molecule has 1 N–H and O–H groups in total. The number of aromatic nitrogens is 2. The third kappa shape index (κ3) is 3.08. The minimum Gasteiger partial charge on any atom is -0.481 e. The number of ether oxygens (including phenoxy) is 1. The van der Waals surface area contributed by atoms with Crippen LogP contribution in [0.25, 0.3) is 0 Å². The van der Waals surface area contributed by atoms with Crippen LogP contribution in [0, 0.1) is 5.82 Å². The standard InChI is InChI=1S/C16H18FN3O2/c1-22-16-13-8-20(7-6-14(13)18-10-19-16)9-15(21)11-2-4-12(17)5-3-11/h2-5,10,15,21H,6-9H2,1H3/t15-/m1/s1. The molecular weight excluding hydrogens is 285 g/mol. The maximum absolute atomic E-state index is 12.9. The Balaban J connectivity index is 1.71. The quantitative estimate of drug-likeness (QED) is 0.932. The molecule has 0 amide bonds. The Morgan fingerprint density at radius 1 is 1.32 bits per heavy atom. The number of β-amino-alcohol motifs (C(OH)–C–C–N with tert-alkyl or cyclic N) is 1. The van der Waals surface area contributed by atoms with Crippen molar-refractivity contribution in [2.24, 2.45) is 0 Å². The van der Waals surface area contributed by atoms with Gasteiger partial charge in [-0.3, -0.25) is 4.90 Å². The third-order valence-corrected chi connectivity index (χ3v) is 3.92. The molecule has 6 heteroatoms. The molecule has 5 nitrogen and oxygen atoms in total. The highest BCUT2D eigenvalue weighted by molar-refractivity contribution is 5.31. The highest BCUT2D eigenvalue weighted by atomic mass is 19.1. The Bertz CT molecular complexity index is 634. The van der Waals surface area contributed by atoms with Crippen LogP contribution in [0.2, 0.25) is 0 Å². The number of hydrogen-bond acceptors (Lipinski definition) is 5. The second kappa shape index (κ2) is 6.37. The summed E-state index contributed by atoms with van der Waals surface area (Å²) in [4.78, 5) is 10.5. The van der Waals surface area contributed by atoms with E-state index in [2.05, 4.69) is 14.9 Å². The van der Waals surface area contributed by atoms with Crippen LogP contribution in [0.3, 0.4) is 0 Å². The van der Waals surface area contributed by atoms with Crippen molar-refractivity contribution in [2.75, 3.05) is 20.2 Å². The molecule has 0 fully saturated rings. The SMILES string of the molecule is COc1ncnc2c1CN(C[C@@H](O)c1ccc(F)cc1)CC2. The number of rotatable bonds is 4. The van der Waals surface area contributed by atoms with E-state index in [0.717, 1.165) is 24.2 Å². The fourth-order valence-electron chi connectivity index (χ4n) is 2.74. The zero-order chi connectivity index (χ0) is 15.5. The molecule has 1 aromatic heterocycles. The predicted molar refractivity (Wildman–Crippen MR) is 78.9 cm³/mol. The van der Waals surface area contributed by atoms with Crippen molar-refractivity contribution in [1.29, 1.82) is 0 Å². The van der Waals surface area contributed by atoms with Crippen LogP contribution < -0.4 is 4.74 Å². The first-order chi connectivity index (χ1) is 10.7. The second-order valence-corrected chi connectivity index (χ2v) is 5.36. The number of hydrogen-bond donors (Lipinski definition) is 1. The number of aliphatic hydroxyl groups is 1. The molecule has 0 unspecified atom stereocenters. The van der Waals surface area contributed by atoms with Crippen molar-refractivity contribution in [2.45, 2.75) is 19.1 Å². The summed E-state index contributed by atoms with van der Waals surface area (Å²) in [5, 5.41) is 10.3. The lowest BCUT2D eigenvalue weighted by Crippen LogP contribution is -2.34. The average molecular weight is 303 g/mol. The first-order valence-corrected chi connectivity index (χ1v) is 7.20. The van der Waals surface area contributed by atoms with Gasteiger partial charge in [0.1, 0.15) is 12.1 Å². The summed E-state index contributed by atoms with van der Waals surface area (Å²) in [6.45, 7) is 1.92. The van der Waals surface area contributed by atoms with Gasteiger partial charge >= 0.3 is 0 Å². The minimum atomic E-state index is -0.655. The van der Waals surface area contributed by atoms with Gasteiger partial charge in [0.25, 0.3) is 0 Å². The second-order valence-electron chi connectivity index (χ2n) is 5.36. The molecule has 0 radical (unpaired) electrons. The van der Waals surface area contributed by atoms with Crippen molar-refractivity contribution in [3.63, 3.8) is 0 Å². The van der Waals surface area contributed by atoms with Crippen LogP contribution >= 0.6 is 0 Å². The van der Waals surface area contributed by atoms with E-state index in [9.17, 15) is 9.50 Å². The van der Waals surface area contributed by atoms with Crippen molar-refractivity contribution < 1.29 is 14.2 Å². The normalized spacial score (nSPS) is 16.1. The zero-order valence-electron chi connectivity index (χ0n) is 12.4. The predicted octanol–water partition coefficient (Wildman–Crippen LogP) is 1.72. The molecule has 0 bridgehead atoms. The van der Waals surface area contributed by atoms with Crippen molar-refractivity contribution in [1.82, 2.24) is 14.9 Å². The number of fused-ring (bicyclic) bond motifs is 1. The molecule has 0 saturated carbocycles. The zero-order valence-corrected chi connectivity index (χ0v) is 12.4. The molecule has 1 atom stereocenters. The van der Waals surface area contributed by atoms with Gasteiger partial charge in [-0.05, 0) is 17.7 Å². The minimum absolute atomic E-state index is 0.301. The fourth-order valence-corrected chi connectivity index (χ4v) is 2.74. The van der Waals surface area contributed by atoms with Crippen LogP contribution in [-0.4, -0.2) is 40.2 Å². The molecule has 1 aliphatic heterocycles. The lowest BCUT2D eigenvalue weighted by Gasteiger charge is -2.30. The molecule has 1 aliphatic rings. The maximum atomic E-state index is 12.9. The Kier molecular flexibility index (Phi) is 4.31. The van der Waals surface area contributed by atoms with E-state index >= 15 is 0 Å². The van der Waals surface area contributed by atoms with Gasteiger partial charge in [0, 0.05) is 31.6 Å². The van der Waals surface area contributed by atoms with Crippen LogP contribution in [0.15, 0.2) is 30.6 Å². The van der Waals surface area contributed by atoms with Gasteiger partial charge in [-0.15, -0.1) is 0 Å². The van der Waals surface area contributed by atoms with Crippen LogP contribution in [0.1, 0.15) is 22.9 Å². The van der Waals surface area contributed by atoms with Crippen LogP contribution in [0.5, 0.6) is 5.88 Å². The molecule has 0 saturated heterocycles. The summed E-state index contributed by atoms with van der Waals surface area (Å²) in [7, 11) is 1.59. The summed E-state index contributed by atoms with van der Waals surface area (Å²) in [5.41, 5.74) is 2.69. The van der Waals surface area contributed by atoms with Gasteiger partial charge in [-0.2, -0.15) is 0 Å². The average Bonchev–Trinajstić information content (AvgIpc) is 2.54. The largest absolute Gasteiger partial charge is 0.481 e. The first kappa shape index (κ1) is 14.9. The summed E-state index contributed by atoms with van der Waals surface area (Å²) in [6.07, 6.45) is 1.66. The van der Waals surface area contributed by atoms with Crippen molar-refractivity contribution in [3.8, 4) is 5.88 Å². The molecule has 22 heavy (non-hydrogen) atoms. The van der Waals surface area contributed by atoms with Crippen molar-refractivity contribution >= 4 is 0 Å². The highest BCUT2D eigenvalue weighted by Gasteiger charge is 2.23. The molecule has 2 heterocycles. The Morgan fingerprint density at radius 2 is 2.09 bits per heavy atom. The lowest BCUT2D eigenvalue weighted by atomic mass is 10.0. The molecule has 3 rings (SSSR count). The Labute approximate surface area is 128 Å². The van der Waals surface area contributed by atoms with Crippen molar-refractivity contribution in [3.05, 3.63) is 53.2 Å². The molecule has 1 aromatic carbocycles. The van der Waals surface area contributed by atoms with E-state index in [0.29, 0.717) is 24.5 Å². The Hall–Kier alpha value is -2.05. The smallest absolute Gasteiger partial charge is 0.220 e. The van der Waals surface area contributed by atoms with E-state index in [-0.39, 0.29) is 5.82 Å². The summed E-state index contributed by atoms with van der Waals surface area (Å²) < 4.78 is 18.2. The van der Waals surface area contributed by atoms with Gasteiger partial charge in [-0.25, -0.2) is 14.4 Å².